The minimum absolute atomic E-state index is 0.0458. The van der Waals surface area contributed by atoms with Crippen LogP contribution < -0.4 is 20.1 Å². The largest absolute Gasteiger partial charge is 0.488 e. The molecule has 9 nitrogen and oxygen atoms in total. The third kappa shape index (κ3) is 6.54. The molecule has 1 unspecified atom stereocenters. The minimum atomic E-state index is -0.262. The summed E-state index contributed by atoms with van der Waals surface area (Å²) in [6.07, 6.45) is 2.97. The highest BCUT2D eigenvalue weighted by Gasteiger charge is 2.17. The molecule has 0 aliphatic rings. The third-order valence-electron chi connectivity index (χ3n) is 6.22. The molecule has 0 aliphatic heterocycles. The topological polar surface area (TPSA) is 102 Å². The van der Waals surface area contributed by atoms with Crippen LogP contribution in [0.1, 0.15) is 25.1 Å². The average Bonchev–Trinajstić information content (AvgIpc) is 2.89. The van der Waals surface area contributed by atoms with Crippen molar-refractivity contribution in [2.45, 2.75) is 39.8 Å². The van der Waals surface area contributed by atoms with Crippen molar-refractivity contribution in [1.82, 2.24) is 25.2 Å². The number of fused-ring (bicyclic) bond motifs is 1. The number of pyridine rings is 1. The first-order valence-corrected chi connectivity index (χ1v) is 12.5. The molecule has 198 valence electrons. The number of carbonyl (C=O) groups is 1. The molecule has 4 rings (SSSR count). The van der Waals surface area contributed by atoms with E-state index in [1.807, 2.05) is 95.2 Å². The van der Waals surface area contributed by atoms with Crippen molar-refractivity contribution in [1.29, 1.82) is 0 Å². The molecule has 0 spiro atoms. The van der Waals surface area contributed by atoms with E-state index in [0.29, 0.717) is 23.9 Å². The summed E-state index contributed by atoms with van der Waals surface area (Å²) in [5.41, 5.74) is 3.50. The predicted molar refractivity (Wildman–Crippen MR) is 149 cm³/mol. The molecule has 4 aromatic rings. The Kier molecular flexibility index (Phi) is 8.38. The molecule has 38 heavy (non-hydrogen) atoms. The number of benzene rings is 2. The van der Waals surface area contributed by atoms with Gasteiger partial charge in [0.25, 0.3) is 0 Å². The number of likely N-dealkylation sites (N-methyl/N-ethyl adjacent to an activating group) is 1. The number of anilines is 2. The molecule has 2 aromatic carbocycles. The van der Waals surface area contributed by atoms with Crippen LogP contribution in [0, 0.1) is 13.8 Å². The molecule has 1 amide bonds. The van der Waals surface area contributed by atoms with E-state index >= 15 is 0 Å². The van der Waals surface area contributed by atoms with E-state index in [4.69, 9.17) is 9.47 Å². The van der Waals surface area contributed by atoms with Crippen LogP contribution in [0.5, 0.6) is 17.2 Å². The number of carbonyl (C=O) groups excluding carboxylic acids is 1. The zero-order valence-corrected chi connectivity index (χ0v) is 22.6. The molecule has 2 atom stereocenters. The fourth-order valence-electron chi connectivity index (χ4n) is 3.78. The Morgan fingerprint density at radius 3 is 2.53 bits per heavy atom. The quantitative estimate of drug-likeness (QED) is 0.305. The number of aryl methyl sites for hydroxylation is 2. The molecular weight excluding hydrogens is 480 g/mol. The summed E-state index contributed by atoms with van der Waals surface area (Å²) in [6, 6.07) is 15.1. The predicted octanol–water partition coefficient (Wildman–Crippen LogP) is 5.01. The summed E-state index contributed by atoms with van der Waals surface area (Å²) in [4.78, 5) is 27.4. The number of aromatic nitrogens is 3. The van der Waals surface area contributed by atoms with E-state index in [9.17, 15) is 4.79 Å². The Bertz CT molecular complexity index is 1400. The lowest BCUT2D eigenvalue weighted by molar-refractivity contribution is -0.125. The standard InChI is InChI=1S/C29H34N6O3/c1-18-14-22(11-13-25(18)38-23-12-10-19(2)30-16-23)34-28-27-24(32-17-33-28)8-7-9-26(27)37-20(3)15-31-29(36)21(4)35(5)6/h7-14,16-17,20-21H,15H2,1-6H3,(H,31,36)(H,32,33,34)/t20-,21?/m1/s1. The number of hydrogen-bond acceptors (Lipinski definition) is 8. The summed E-state index contributed by atoms with van der Waals surface area (Å²) in [7, 11) is 3.75. The van der Waals surface area contributed by atoms with Crippen LogP contribution in [-0.4, -0.2) is 58.5 Å². The van der Waals surface area contributed by atoms with Gasteiger partial charge in [-0.2, -0.15) is 0 Å². The molecule has 0 bridgehead atoms. The van der Waals surface area contributed by atoms with E-state index in [1.54, 1.807) is 6.20 Å². The molecule has 0 radical (unpaired) electrons. The molecule has 2 aromatic heterocycles. The lowest BCUT2D eigenvalue weighted by Gasteiger charge is -2.21. The highest BCUT2D eigenvalue weighted by molar-refractivity contribution is 5.95. The zero-order valence-electron chi connectivity index (χ0n) is 22.6. The normalized spacial score (nSPS) is 12.7. The van der Waals surface area contributed by atoms with Gasteiger partial charge >= 0.3 is 0 Å². The smallest absolute Gasteiger partial charge is 0.237 e. The minimum Gasteiger partial charge on any atom is -0.488 e. The van der Waals surface area contributed by atoms with Crippen LogP contribution in [0.25, 0.3) is 10.9 Å². The summed E-state index contributed by atoms with van der Waals surface area (Å²) in [5.74, 6) is 2.65. The van der Waals surface area contributed by atoms with Gasteiger partial charge in [0.2, 0.25) is 5.91 Å². The van der Waals surface area contributed by atoms with Crippen LogP contribution in [-0.2, 0) is 4.79 Å². The molecule has 9 heteroatoms. The third-order valence-corrected chi connectivity index (χ3v) is 6.22. The van der Waals surface area contributed by atoms with Crippen molar-refractivity contribution in [2.24, 2.45) is 0 Å². The van der Waals surface area contributed by atoms with Crippen molar-refractivity contribution in [3.05, 3.63) is 72.3 Å². The van der Waals surface area contributed by atoms with Crippen LogP contribution in [0.3, 0.4) is 0 Å². The van der Waals surface area contributed by atoms with Crippen molar-refractivity contribution in [3.8, 4) is 17.2 Å². The summed E-state index contributed by atoms with van der Waals surface area (Å²) >= 11 is 0. The van der Waals surface area contributed by atoms with Crippen molar-refractivity contribution in [3.63, 3.8) is 0 Å². The first-order valence-electron chi connectivity index (χ1n) is 12.5. The van der Waals surface area contributed by atoms with Gasteiger partial charge in [0.15, 0.2) is 0 Å². The second-order valence-electron chi connectivity index (χ2n) is 9.53. The van der Waals surface area contributed by atoms with Crippen LogP contribution in [0.2, 0.25) is 0 Å². The van der Waals surface area contributed by atoms with Crippen LogP contribution in [0.4, 0.5) is 11.5 Å². The maximum Gasteiger partial charge on any atom is 0.237 e. The maximum atomic E-state index is 12.3. The Hall–Kier alpha value is -4.24. The Morgan fingerprint density at radius 2 is 1.82 bits per heavy atom. The SMILES string of the molecule is Cc1ccc(Oc2ccc(Nc3ncnc4cccc(O[C@H](C)CNC(=O)C(C)N(C)C)c34)cc2C)cn1. The van der Waals surface area contributed by atoms with Crippen molar-refractivity contribution >= 4 is 28.3 Å². The Balaban J connectivity index is 1.51. The van der Waals surface area contributed by atoms with Crippen molar-refractivity contribution < 1.29 is 14.3 Å². The van der Waals surface area contributed by atoms with E-state index in [2.05, 4.69) is 25.6 Å². The van der Waals surface area contributed by atoms with E-state index < -0.39 is 0 Å². The van der Waals surface area contributed by atoms with Gasteiger partial charge < -0.3 is 20.1 Å². The van der Waals surface area contributed by atoms with Gasteiger partial charge in [-0.3, -0.25) is 14.7 Å². The van der Waals surface area contributed by atoms with E-state index in [-0.39, 0.29) is 18.1 Å². The fraction of sp³-hybridized carbons (Fsp3) is 0.310. The van der Waals surface area contributed by atoms with Gasteiger partial charge in [-0.05, 0) is 89.8 Å². The summed E-state index contributed by atoms with van der Waals surface area (Å²) in [6.45, 7) is 8.08. The van der Waals surface area contributed by atoms with Gasteiger partial charge in [0.1, 0.15) is 35.5 Å². The van der Waals surface area contributed by atoms with E-state index in [1.165, 1.54) is 6.33 Å². The molecule has 0 aliphatic carbocycles. The van der Waals surface area contributed by atoms with Gasteiger partial charge in [-0.15, -0.1) is 0 Å². The summed E-state index contributed by atoms with van der Waals surface area (Å²) < 4.78 is 12.2. The lowest BCUT2D eigenvalue weighted by atomic mass is 10.1. The van der Waals surface area contributed by atoms with E-state index in [0.717, 1.165) is 33.6 Å². The Morgan fingerprint density at radius 1 is 1.00 bits per heavy atom. The number of amides is 1. The first kappa shape index (κ1) is 26.8. The number of nitrogens with one attached hydrogen (secondary N) is 2. The monoisotopic (exact) mass is 514 g/mol. The number of ether oxygens (including phenoxy) is 2. The highest BCUT2D eigenvalue weighted by atomic mass is 16.5. The molecule has 0 fully saturated rings. The van der Waals surface area contributed by atoms with Gasteiger partial charge in [0.05, 0.1) is 29.7 Å². The van der Waals surface area contributed by atoms with Crippen LogP contribution in [0.15, 0.2) is 61.1 Å². The average molecular weight is 515 g/mol. The Labute approximate surface area is 223 Å². The summed E-state index contributed by atoms with van der Waals surface area (Å²) in [5, 5.41) is 7.12. The molecule has 2 N–H and O–H groups in total. The maximum absolute atomic E-state index is 12.3. The van der Waals surface area contributed by atoms with Crippen LogP contribution >= 0.6 is 0 Å². The van der Waals surface area contributed by atoms with Gasteiger partial charge in [-0.25, -0.2) is 9.97 Å². The molecule has 0 saturated carbocycles. The lowest BCUT2D eigenvalue weighted by Crippen LogP contribution is -2.44. The fourth-order valence-corrected chi connectivity index (χ4v) is 3.78. The van der Waals surface area contributed by atoms with Gasteiger partial charge in [0, 0.05) is 11.4 Å². The first-order chi connectivity index (χ1) is 18.2. The number of hydrogen-bond donors (Lipinski definition) is 2. The second-order valence-corrected chi connectivity index (χ2v) is 9.53. The number of rotatable bonds is 10. The second kappa shape index (κ2) is 11.9. The molecule has 2 heterocycles. The zero-order chi connectivity index (χ0) is 27.2. The van der Waals surface area contributed by atoms with Crippen molar-refractivity contribution in [2.75, 3.05) is 26.0 Å². The van der Waals surface area contributed by atoms with Gasteiger partial charge in [-0.1, -0.05) is 6.07 Å². The molecular formula is C29H34N6O3. The number of nitrogens with zero attached hydrogens (tertiary/aromatic N) is 4. The molecule has 0 saturated heterocycles. The highest BCUT2D eigenvalue weighted by Crippen LogP contribution is 2.33.